The highest BCUT2D eigenvalue weighted by Gasteiger charge is 2.44. The number of carbonyl (C=O) groups is 4. The maximum absolute atomic E-state index is 14.1. The predicted octanol–water partition coefficient (Wildman–Crippen LogP) is 7.81. The summed E-state index contributed by atoms with van der Waals surface area (Å²) in [7, 11) is 0. The quantitative estimate of drug-likeness (QED) is 0.0576. The zero-order valence-corrected chi connectivity index (χ0v) is 40.4. The van der Waals surface area contributed by atoms with E-state index in [4.69, 9.17) is 5.73 Å². The highest BCUT2D eigenvalue weighted by Crippen LogP contribution is 2.32. The van der Waals surface area contributed by atoms with Gasteiger partial charge in [-0.1, -0.05) is 88.5 Å². The zero-order chi connectivity index (χ0) is 46.7. The lowest BCUT2D eigenvalue weighted by atomic mass is 9.85. The Morgan fingerprint density at radius 2 is 1.60 bits per heavy atom. The minimum absolute atomic E-state index is 0.0198. The third-order valence-corrected chi connectivity index (χ3v) is 14.2. The molecule has 2 aliphatic heterocycles. The van der Waals surface area contributed by atoms with Gasteiger partial charge in [-0.15, -0.1) is 11.3 Å². The topological polar surface area (TPSA) is 196 Å². The Kier molecular flexibility index (Phi) is 17.2. The number of aryl methyl sites for hydroxylation is 1. The van der Waals surface area contributed by atoms with Gasteiger partial charge in [-0.25, -0.2) is 15.0 Å². The predicted molar refractivity (Wildman–Crippen MR) is 259 cm³/mol. The largest absolute Gasteiger partial charge is 0.391 e. The van der Waals surface area contributed by atoms with Crippen molar-refractivity contribution >= 4 is 58.2 Å². The normalized spacial score (nSPS) is 18.2. The van der Waals surface area contributed by atoms with Crippen LogP contribution in [0.2, 0.25) is 0 Å². The van der Waals surface area contributed by atoms with Crippen molar-refractivity contribution in [3.05, 3.63) is 77.7 Å². The van der Waals surface area contributed by atoms with Crippen molar-refractivity contribution in [2.75, 3.05) is 29.9 Å². The molecule has 6 rings (SSSR count). The van der Waals surface area contributed by atoms with Crippen LogP contribution in [0, 0.1) is 12.3 Å². The second-order valence-electron chi connectivity index (χ2n) is 19.0. The van der Waals surface area contributed by atoms with Gasteiger partial charge in [-0.05, 0) is 81.2 Å². The van der Waals surface area contributed by atoms with Crippen LogP contribution in [0.3, 0.4) is 0 Å². The van der Waals surface area contributed by atoms with E-state index in [1.807, 2.05) is 94.9 Å². The Morgan fingerprint density at radius 1 is 0.923 bits per heavy atom. The number of nitrogens with zero attached hydrogens (tertiary/aromatic N) is 5. The van der Waals surface area contributed by atoms with E-state index in [0.29, 0.717) is 12.8 Å². The highest BCUT2D eigenvalue weighted by atomic mass is 32.2. The number of amides is 4. The van der Waals surface area contributed by atoms with Crippen LogP contribution in [0.4, 0.5) is 11.5 Å². The lowest BCUT2D eigenvalue weighted by Crippen LogP contribution is -2.57. The molecule has 0 bridgehead atoms. The molecular formula is C49H67N9O5S2. The Balaban J connectivity index is 0.871. The van der Waals surface area contributed by atoms with Crippen LogP contribution in [0.25, 0.3) is 10.4 Å². The first kappa shape index (κ1) is 49.5. The fraction of sp³-hybridized carbons (Fsp3) is 0.531. The molecule has 4 amide bonds. The van der Waals surface area contributed by atoms with Crippen molar-refractivity contribution in [3.8, 4) is 10.4 Å². The van der Waals surface area contributed by atoms with Crippen molar-refractivity contribution in [2.45, 2.75) is 152 Å². The van der Waals surface area contributed by atoms with Crippen molar-refractivity contribution < 1.29 is 24.3 Å². The second-order valence-corrected chi connectivity index (χ2v) is 21.0. The van der Waals surface area contributed by atoms with Crippen molar-refractivity contribution in [1.29, 1.82) is 0 Å². The number of hydrogen-bond acceptors (Lipinski definition) is 12. The van der Waals surface area contributed by atoms with Gasteiger partial charge in [0.25, 0.3) is 0 Å². The molecule has 2 fully saturated rings. The minimum Gasteiger partial charge on any atom is -0.391 e. The molecule has 6 N–H and O–H groups in total. The third-order valence-electron chi connectivity index (χ3n) is 12.3. The number of likely N-dealkylation sites (tertiary alicyclic amines) is 1. The number of anilines is 2. The standard InChI is InChI=1S/C49H67N9O5S2/c1-32(34-18-20-35(21-19-34)44-33(2)53-31-64-44)54-46(62)39-27-37(59)30-58(39)47(63)45(48(3,4)5)56-42(61)17-12-10-8-7-9-11-16-41(60)55-36-14-13-15-38(26-36)65-43-29-51-40(28-52-43)57-24-22-49(6,50)23-25-57/h13-15,18-21,26,28-29,31-32,37,39,45,59H,7-12,16-17,22-25,27,30,50H2,1-6H3,(H,54,62)(H,55,60)(H,56,61)/t32-,37+,39-,45+/m0/s1. The van der Waals surface area contributed by atoms with Crippen molar-refractivity contribution in [3.63, 3.8) is 0 Å². The molecule has 65 heavy (non-hydrogen) atoms. The van der Waals surface area contributed by atoms with E-state index < -0.39 is 23.6 Å². The second kappa shape index (κ2) is 22.5. The fourth-order valence-electron chi connectivity index (χ4n) is 8.28. The molecule has 16 heteroatoms. The number of hydrogen-bond donors (Lipinski definition) is 5. The number of aromatic nitrogens is 3. The summed E-state index contributed by atoms with van der Waals surface area (Å²) >= 11 is 3.08. The SMILES string of the molecule is Cc1ncsc1-c1ccc([C@H](C)NC(=O)[C@@H]2C[C@@H](O)CN2C(=O)[C@@H](NC(=O)CCCCCCCCC(=O)Nc2cccc(Sc3cnc(N4CCC(C)(N)CC4)cn3)c2)C(C)(C)C)cc1. The van der Waals surface area contributed by atoms with Gasteiger partial charge >= 0.3 is 0 Å². The van der Waals surface area contributed by atoms with Gasteiger partial charge in [0.15, 0.2) is 0 Å². The molecule has 2 aromatic heterocycles. The average Bonchev–Trinajstić information content (AvgIpc) is 3.88. The van der Waals surface area contributed by atoms with Crippen LogP contribution in [0.5, 0.6) is 0 Å². The lowest BCUT2D eigenvalue weighted by Gasteiger charge is -2.37. The zero-order valence-electron chi connectivity index (χ0n) is 38.8. The van der Waals surface area contributed by atoms with E-state index in [0.717, 1.165) is 101 Å². The number of aliphatic hydroxyl groups is 1. The highest BCUT2D eigenvalue weighted by molar-refractivity contribution is 7.99. The molecule has 0 aliphatic carbocycles. The Hall–Kier alpha value is -4.90. The van der Waals surface area contributed by atoms with Crippen LogP contribution in [-0.4, -0.2) is 91.9 Å². The summed E-state index contributed by atoms with van der Waals surface area (Å²) in [6.07, 6.45) is 10.5. The molecule has 4 aromatic rings. The summed E-state index contributed by atoms with van der Waals surface area (Å²) < 4.78 is 0. The first-order chi connectivity index (χ1) is 31.0. The number of nitrogens with two attached hydrogens (primary N) is 1. The monoisotopic (exact) mass is 925 g/mol. The molecule has 0 saturated carbocycles. The van der Waals surface area contributed by atoms with Gasteiger partial charge in [-0.3, -0.25) is 19.2 Å². The molecule has 0 radical (unpaired) electrons. The number of carbonyl (C=O) groups excluding carboxylic acids is 4. The summed E-state index contributed by atoms with van der Waals surface area (Å²) in [4.78, 5) is 73.0. The lowest BCUT2D eigenvalue weighted by molar-refractivity contribution is -0.144. The fourth-order valence-corrected chi connectivity index (χ4v) is 9.88. The molecular weight excluding hydrogens is 859 g/mol. The molecule has 0 unspecified atom stereocenters. The summed E-state index contributed by atoms with van der Waals surface area (Å²) in [5.41, 5.74) is 11.0. The molecule has 2 aliphatic rings. The third kappa shape index (κ3) is 14.3. The van der Waals surface area contributed by atoms with Gasteiger partial charge < -0.3 is 36.6 Å². The summed E-state index contributed by atoms with van der Waals surface area (Å²) in [5, 5.41) is 20.5. The maximum Gasteiger partial charge on any atom is 0.246 e. The molecule has 2 aromatic carbocycles. The number of nitrogens with one attached hydrogen (secondary N) is 3. The van der Waals surface area contributed by atoms with Gasteiger partial charge in [0, 0.05) is 55.0 Å². The Labute approximate surface area is 392 Å². The number of benzene rings is 2. The van der Waals surface area contributed by atoms with Gasteiger partial charge in [0.1, 0.15) is 22.9 Å². The molecule has 350 valence electrons. The number of piperidine rings is 1. The van der Waals surface area contributed by atoms with Gasteiger partial charge in [-0.2, -0.15) is 0 Å². The maximum atomic E-state index is 14.1. The number of β-amino-alcohol motifs (C(OH)–C–C–N with tert-alkyl or cyclic N) is 1. The van der Waals surface area contributed by atoms with Crippen molar-refractivity contribution in [1.82, 2.24) is 30.5 Å². The van der Waals surface area contributed by atoms with E-state index in [9.17, 15) is 24.3 Å². The van der Waals surface area contributed by atoms with Crippen LogP contribution in [-0.2, 0) is 19.2 Å². The number of aliphatic hydroxyl groups excluding tert-OH is 1. The Morgan fingerprint density at radius 3 is 2.23 bits per heavy atom. The number of thiazole rings is 1. The van der Waals surface area contributed by atoms with Gasteiger partial charge in [0.05, 0.1) is 40.6 Å². The smallest absolute Gasteiger partial charge is 0.246 e. The van der Waals surface area contributed by atoms with Crippen LogP contribution >= 0.6 is 23.1 Å². The van der Waals surface area contributed by atoms with Crippen LogP contribution in [0.15, 0.2) is 76.4 Å². The van der Waals surface area contributed by atoms with Crippen LogP contribution < -0.4 is 26.6 Å². The van der Waals surface area contributed by atoms with E-state index in [-0.39, 0.29) is 54.6 Å². The molecule has 0 spiro atoms. The summed E-state index contributed by atoms with van der Waals surface area (Å²) in [6.45, 7) is 13.4. The summed E-state index contributed by atoms with van der Waals surface area (Å²) in [6, 6.07) is 13.7. The van der Waals surface area contributed by atoms with E-state index in [1.54, 1.807) is 17.5 Å². The number of rotatable bonds is 19. The summed E-state index contributed by atoms with van der Waals surface area (Å²) in [5.74, 6) is -0.101. The first-order valence-corrected chi connectivity index (χ1v) is 24.7. The van der Waals surface area contributed by atoms with Gasteiger partial charge in [0.2, 0.25) is 23.6 Å². The van der Waals surface area contributed by atoms with Crippen LogP contribution in [0.1, 0.15) is 123 Å². The average molecular weight is 926 g/mol. The van der Waals surface area contributed by atoms with E-state index in [1.165, 1.54) is 16.7 Å². The van der Waals surface area contributed by atoms with E-state index in [2.05, 4.69) is 42.7 Å². The molecule has 14 nitrogen and oxygen atoms in total. The van der Waals surface area contributed by atoms with Crippen molar-refractivity contribution in [2.24, 2.45) is 11.1 Å². The number of unbranched alkanes of at least 4 members (excludes halogenated alkanes) is 5. The molecule has 4 heterocycles. The molecule has 2 saturated heterocycles. The molecule has 4 atom stereocenters. The Bertz CT molecular complexity index is 2220. The first-order valence-electron chi connectivity index (χ1n) is 23.0. The minimum atomic E-state index is -0.871. The van der Waals surface area contributed by atoms with E-state index >= 15 is 0 Å².